The van der Waals surface area contributed by atoms with E-state index in [0.29, 0.717) is 5.71 Å². The van der Waals surface area contributed by atoms with Crippen molar-refractivity contribution in [2.75, 3.05) is 4.90 Å². The highest BCUT2D eigenvalue weighted by atomic mass is 16.3. The number of hydrogen-bond donors (Lipinski definition) is 0. The minimum Gasteiger partial charge on any atom is -0.435 e. The van der Waals surface area contributed by atoms with E-state index in [1.807, 2.05) is 31.1 Å². The summed E-state index contributed by atoms with van der Waals surface area (Å²) in [7, 11) is 0. The van der Waals surface area contributed by atoms with Crippen LogP contribution in [-0.2, 0) is 6.42 Å². The van der Waals surface area contributed by atoms with Crippen molar-refractivity contribution in [3.05, 3.63) is 47.9 Å². The molecule has 130 valence electrons. The van der Waals surface area contributed by atoms with Crippen molar-refractivity contribution in [2.24, 2.45) is 0 Å². The lowest BCUT2D eigenvalue weighted by Crippen LogP contribution is -2.39. The zero-order valence-corrected chi connectivity index (χ0v) is 15.5. The van der Waals surface area contributed by atoms with Gasteiger partial charge in [-0.3, -0.25) is 0 Å². The van der Waals surface area contributed by atoms with E-state index in [9.17, 15) is 0 Å². The predicted octanol–water partition coefficient (Wildman–Crippen LogP) is 5.20. The molecular weight excluding hydrogens is 310 g/mol. The van der Waals surface area contributed by atoms with Crippen LogP contribution in [-0.4, -0.2) is 22.1 Å². The fourth-order valence-electron chi connectivity index (χ4n) is 3.67. The first-order valence-electron chi connectivity index (χ1n) is 9.38. The third-order valence-corrected chi connectivity index (χ3v) is 5.07. The Morgan fingerprint density at radius 1 is 1.20 bits per heavy atom. The lowest BCUT2D eigenvalue weighted by atomic mass is 10.1. The molecule has 1 aliphatic heterocycles. The van der Waals surface area contributed by atoms with Gasteiger partial charge in [0, 0.05) is 34.9 Å². The largest absolute Gasteiger partial charge is 0.435 e. The SMILES string of the molecule is [2H]C(C)(C)N1C=CN(c2c(C)ccc3c2oc2nc(CC)ccc23)[C@H]1C. The summed E-state index contributed by atoms with van der Waals surface area (Å²) in [5, 5.41) is 2.13. The molecule has 0 bridgehead atoms. The minimum absolute atomic E-state index is 0.0409. The Morgan fingerprint density at radius 3 is 2.64 bits per heavy atom. The van der Waals surface area contributed by atoms with Crippen molar-refractivity contribution in [3.63, 3.8) is 0 Å². The molecule has 0 aliphatic carbocycles. The Bertz CT molecular complexity index is 1020. The van der Waals surface area contributed by atoms with Crippen molar-refractivity contribution in [2.45, 2.75) is 53.2 Å². The number of nitrogens with zero attached hydrogens (tertiary/aromatic N) is 3. The van der Waals surface area contributed by atoms with Crippen LogP contribution in [0.2, 0.25) is 0 Å². The lowest BCUT2D eigenvalue weighted by Gasteiger charge is -2.33. The molecule has 3 aromatic rings. The van der Waals surface area contributed by atoms with Crippen LogP contribution in [0.3, 0.4) is 0 Å². The van der Waals surface area contributed by atoms with E-state index in [4.69, 9.17) is 5.79 Å². The van der Waals surface area contributed by atoms with E-state index < -0.39 is 6.02 Å². The standard InChI is InChI=1S/C21H25N3O/c1-6-16-8-10-18-17-9-7-14(4)19(20(17)25-21(18)22-16)24-12-11-23(13(2)3)15(24)5/h7-13,15H,6H2,1-5H3/t15-/m0/s1/i13D. The number of pyridine rings is 1. The first-order valence-corrected chi connectivity index (χ1v) is 8.88. The first kappa shape index (κ1) is 14.8. The molecule has 0 amide bonds. The molecule has 4 heteroatoms. The van der Waals surface area contributed by atoms with Crippen molar-refractivity contribution in [3.8, 4) is 0 Å². The first-order chi connectivity index (χ1) is 12.3. The summed E-state index contributed by atoms with van der Waals surface area (Å²) < 4.78 is 14.6. The Kier molecular flexibility index (Phi) is 3.44. The van der Waals surface area contributed by atoms with Crippen LogP contribution in [0.25, 0.3) is 22.1 Å². The molecule has 0 spiro atoms. The molecule has 2 aromatic heterocycles. The number of rotatable bonds is 3. The number of anilines is 1. The van der Waals surface area contributed by atoms with E-state index in [1.165, 1.54) is 0 Å². The van der Waals surface area contributed by atoms with Crippen LogP contribution in [0, 0.1) is 6.92 Å². The van der Waals surface area contributed by atoms with Crippen LogP contribution in [0.5, 0.6) is 0 Å². The van der Waals surface area contributed by atoms with E-state index in [-0.39, 0.29) is 6.17 Å². The Balaban J connectivity index is 1.90. The highest BCUT2D eigenvalue weighted by Gasteiger charge is 2.28. The summed E-state index contributed by atoms with van der Waals surface area (Å²) >= 11 is 0. The number of benzene rings is 1. The molecule has 1 aliphatic rings. The molecule has 0 unspecified atom stereocenters. The van der Waals surface area contributed by atoms with Crippen molar-refractivity contribution < 1.29 is 5.79 Å². The van der Waals surface area contributed by atoms with Crippen LogP contribution in [0.15, 0.2) is 41.1 Å². The minimum atomic E-state index is -0.683. The molecular formula is C21H25N3O. The molecule has 3 heterocycles. The van der Waals surface area contributed by atoms with E-state index in [1.54, 1.807) is 0 Å². The normalized spacial score (nSPS) is 18.6. The molecule has 0 N–H and O–H groups in total. The maximum Gasteiger partial charge on any atom is 0.227 e. The topological polar surface area (TPSA) is 32.5 Å². The number of fused-ring (bicyclic) bond motifs is 3. The molecule has 0 radical (unpaired) electrons. The smallest absolute Gasteiger partial charge is 0.227 e. The summed E-state index contributed by atoms with van der Waals surface area (Å²) in [6.45, 7) is 10.1. The molecule has 1 atom stereocenters. The van der Waals surface area contributed by atoms with Crippen molar-refractivity contribution in [1.82, 2.24) is 9.88 Å². The zero-order valence-electron chi connectivity index (χ0n) is 16.5. The van der Waals surface area contributed by atoms with Gasteiger partial charge in [0.2, 0.25) is 5.71 Å². The van der Waals surface area contributed by atoms with Gasteiger partial charge in [-0.2, -0.15) is 0 Å². The summed E-state index contributed by atoms with van der Waals surface area (Å²) in [6.07, 6.45) is 4.96. The molecule has 0 saturated carbocycles. The van der Waals surface area contributed by atoms with Crippen LogP contribution in [0.4, 0.5) is 5.69 Å². The predicted molar refractivity (Wildman–Crippen MR) is 104 cm³/mol. The van der Waals surface area contributed by atoms with Crippen LogP contribution >= 0.6 is 0 Å². The van der Waals surface area contributed by atoms with Crippen molar-refractivity contribution >= 4 is 27.8 Å². The van der Waals surface area contributed by atoms with Gasteiger partial charge in [0.25, 0.3) is 0 Å². The maximum absolute atomic E-state index is 8.38. The highest BCUT2D eigenvalue weighted by molar-refractivity contribution is 6.08. The van der Waals surface area contributed by atoms with E-state index >= 15 is 0 Å². The monoisotopic (exact) mass is 336 g/mol. The number of furan rings is 1. The number of hydrogen-bond acceptors (Lipinski definition) is 4. The second kappa shape index (κ2) is 5.80. The third kappa shape index (κ3) is 2.39. The van der Waals surface area contributed by atoms with Crippen LogP contribution in [0.1, 0.15) is 40.3 Å². The van der Waals surface area contributed by atoms with Crippen LogP contribution < -0.4 is 4.90 Å². The summed E-state index contributed by atoms with van der Waals surface area (Å²) in [6, 6.07) is 7.74. The second-order valence-corrected chi connectivity index (χ2v) is 6.91. The Hall–Kier alpha value is -2.49. The summed E-state index contributed by atoms with van der Waals surface area (Å²) in [5.74, 6) is 0. The van der Waals surface area contributed by atoms with Gasteiger partial charge >= 0.3 is 0 Å². The summed E-state index contributed by atoms with van der Waals surface area (Å²) in [5.41, 5.74) is 4.79. The molecule has 0 fully saturated rings. The molecule has 25 heavy (non-hydrogen) atoms. The third-order valence-electron chi connectivity index (χ3n) is 5.07. The zero-order chi connectivity index (χ0) is 18.6. The van der Waals surface area contributed by atoms with Gasteiger partial charge in [-0.05, 0) is 51.8 Å². The van der Waals surface area contributed by atoms with Gasteiger partial charge in [0.15, 0.2) is 5.58 Å². The van der Waals surface area contributed by atoms with Gasteiger partial charge in [-0.25, -0.2) is 4.98 Å². The highest BCUT2D eigenvalue weighted by Crippen LogP contribution is 2.39. The average molecular weight is 336 g/mol. The summed E-state index contributed by atoms with van der Waals surface area (Å²) in [4.78, 5) is 8.89. The van der Waals surface area contributed by atoms with Gasteiger partial charge in [-0.1, -0.05) is 19.1 Å². The molecule has 0 saturated heterocycles. The molecule has 4 rings (SSSR count). The molecule has 1 aromatic carbocycles. The van der Waals surface area contributed by atoms with E-state index in [2.05, 4.69) is 54.9 Å². The maximum atomic E-state index is 8.38. The Labute approximate surface area is 150 Å². The average Bonchev–Trinajstić information content (AvgIpc) is 3.14. The fraction of sp³-hybridized carbons (Fsp3) is 0.381. The van der Waals surface area contributed by atoms with Crippen molar-refractivity contribution in [1.29, 1.82) is 0 Å². The second-order valence-electron chi connectivity index (χ2n) is 6.91. The van der Waals surface area contributed by atoms with Gasteiger partial charge in [-0.15, -0.1) is 0 Å². The van der Waals surface area contributed by atoms with Gasteiger partial charge < -0.3 is 14.2 Å². The quantitative estimate of drug-likeness (QED) is 0.658. The van der Waals surface area contributed by atoms with Gasteiger partial charge in [0.05, 0.1) is 7.06 Å². The number of aryl methyl sites for hydroxylation is 2. The number of aromatic nitrogens is 1. The lowest BCUT2D eigenvalue weighted by molar-refractivity contribution is 0.263. The Morgan fingerprint density at radius 2 is 1.96 bits per heavy atom. The van der Waals surface area contributed by atoms with Gasteiger partial charge in [0.1, 0.15) is 6.17 Å². The molecule has 4 nitrogen and oxygen atoms in total. The fourth-order valence-corrected chi connectivity index (χ4v) is 3.67. The van der Waals surface area contributed by atoms with E-state index in [0.717, 1.165) is 39.7 Å².